The number of nitrogens with two attached hydrogens (primary N) is 1. The largest absolute Gasteiger partial charge is 0.416 e. The van der Waals surface area contributed by atoms with E-state index in [1.807, 2.05) is 20.9 Å². The van der Waals surface area contributed by atoms with Crippen LogP contribution in [0.2, 0.25) is 0 Å². The van der Waals surface area contributed by atoms with Crippen molar-refractivity contribution in [1.29, 1.82) is 0 Å². The summed E-state index contributed by atoms with van der Waals surface area (Å²) in [7, 11) is 5.16. The van der Waals surface area contributed by atoms with Crippen LogP contribution in [0.1, 0.15) is 38.3 Å². The molecule has 1 heterocycles. The minimum atomic E-state index is -4.54. The van der Waals surface area contributed by atoms with Gasteiger partial charge in [-0.15, -0.1) is 0 Å². The smallest absolute Gasteiger partial charge is 0.397 e. The van der Waals surface area contributed by atoms with Gasteiger partial charge in [-0.1, -0.05) is 6.07 Å². The van der Waals surface area contributed by atoms with E-state index in [-0.39, 0.29) is 17.8 Å². The van der Waals surface area contributed by atoms with Crippen LogP contribution in [0.5, 0.6) is 0 Å². The normalized spacial score (nSPS) is 12.1. The van der Waals surface area contributed by atoms with Gasteiger partial charge >= 0.3 is 6.18 Å². The number of carbonyl (C=O) groups is 1. The van der Waals surface area contributed by atoms with Gasteiger partial charge in [-0.3, -0.25) is 14.5 Å². The van der Waals surface area contributed by atoms with E-state index in [0.29, 0.717) is 16.9 Å². The summed E-state index contributed by atoms with van der Waals surface area (Å²) in [6.07, 6.45) is -1.18. The Balaban J connectivity index is 1.92. The summed E-state index contributed by atoms with van der Waals surface area (Å²) in [6, 6.07) is 8.50. The van der Waals surface area contributed by atoms with Crippen molar-refractivity contribution in [3.05, 3.63) is 82.3 Å². The number of hydrazine groups is 1. The molecule has 1 amide bonds. The van der Waals surface area contributed by atoms with E-state index in [9.17, 15) is 18.0 Å². The number of rotatable bonds is 8. The topological polar surface area (TPSA) is 100 Å². The van der Waals surface area contributed by atoms with E-state index < -0.39 is 17.6 Å². The molecule has 36 heavy (non-hydrogen) atoms. The summed E-state index contributed by atoms with van der Waals surface area (Å²) in [6.45, 7) is 4.00. The van der Waals surface area contributed by atoms with Gasteiger partial charge in [-0.25, -0.2) is 5.43 Å². The number of anilines is 2. The SMILES string of the molecule is CNCc1cc(NC(=O)c2ccc(C)c(N(/C=C(\N)c3cnn(C)c3C)NC)c2)cc(C(F)(F)F)c1. The van der Waals surface area contributed by atoms with Crippen molar-refractivity contribution < 1.29 is 18.0 Å². The Bertz CT molecular complexity index is 1280. The molecule has 11 heteroatoms. The highest BCUT2D eigenvalue weighted by atomic mass is 19.4. The molecule has 0 unspecified atom stereocenters. The molecule has 2 aromatic carbocycles. The van der Waals surface area contributed by atoms with Gasteiger partial charge in [-0.05, 0) is 62.4 Å². The molecule has 0 aliphatic carbocycles. The fourth-order valence-electron chi connectivity index (χ4n) is 3.69. The van der Waals surface area contributed by atoms with Gasteiger partial charge in [0.25, 0.3) is 5.91 Å². The first kappa shape index (κ1) is 26.8. The summed E-state index contributed by atoms with van der Waals surface area (Å²) in [5.74, 6) is -0.540. The van der Waals surface area contributed by atoms with Crippen LogP contribution < -0.4 is 26.8 Å². The molecule has 1 aromatic heterocycles. The molecule has 192 valence electrons. The number of nitrogens with one attached hydrogen (secondary N) is 3. The van der Waals surface area contributed by atoms with Crippen molar-refractivity contribution in [2.45, 2.75) is 26.6 Å². The first-order valence-electron chi connectivity index (χ1n) is 11.1. The molecule has 0 aliphatic heterocycles. The molecule has 0 radical (unpaired) electrons. The lowest BCUT2D eigenvalue weighted by atomic mass is 10.1. The molecule has 3 aromatic rings. The average molecular weight is 502 g/mol. The second-order valence-corrected chi connectivity index (χ2v) is 8.35. The van der Waals surface area contributed by atoms with Crippen molar-refractivity contribution in [2.75, 3.05) is 24.4 Å². The van der Waals surface area contributed by atoms with Crippen LogP contribution in [0, 0.1) is 13.8 Å². The number of carbonyl (C=O) groups excluding carboxylic acids is 1. The second-order valence-electron chi connectivity index (χ2n) is 8.35. The maximum atomic E-state index is 13.4. The van der Waals surface area contributed by atoms with Crippen molar-refractivity contribution in [2.24, 2.45) is 12.8 Å². The summed E-state index contributed by atoms with van der Waals surface area (Å²) in [4.78, 5) is 13.0. The fraction of sp³-hybridized carbons (Fsp3) is 0.280. The number of hydrogen-bond donors (Lipinski definition) is 4. The predicted molar refractivity (Wildman–Crippen MR) is 135 cm³/mol. The van der Waals surface area contributed by atoms with E-state index >= 15 is 0 Å². The minimum absolute atomic E-state index is 0.0591. The van der Waals surface area contributed by atoms with Crippen molar-refractivity contribution >= 4 is 23.0 Å². The van der Waals surface area contributed by atoms with Gasteiger partial charge in [0, 0.05) is 49.3 Å². The summed E-state index contributed by atoms with van der Waals surface area (Å²) in [5.41, 5.74) is 12.9. The van der Waals surface area contributed by atoms with Crippen molar-refractivity contribution in [3.63, 3.8) is 0 Å². The molecular weight excluding hydrogens is 471 g/mol. The maximum absolute atomic E-state index is 13.4. The van der Waals surface area contributed by atoms with Gasteiger partial charge in [0.1, 0.15) is 0 Å². The molecule has 0 fully saturated rings. The average Bonchev–Trinajstić information content (AvgIpc) is 3.15. The number of amides is 1. The second kappa shape index (κ2) is 10.8. The predicted octanol–water partition coefficient (Wildman–Crippen LogP) is 3.93. The lowest BCUT2D eigenvalue weighted by Gasteiger charge is -2.23. The molecule has 5 N–H and O–H groups in total. The molecule has 0 saturated carbocycles. The molecule has 3 rings (SSSR count). The van der Waals surface area contributed by atoms with Gasteiger partial charge in [0.2, 0.25) is 0 Å². The zero-order valence-electron chi connectivity index (χ0n) is 20.8. The summed E-state index contributed by atoms with van der Waals surface area (Å²) >= 11 is 0. The molecular formula is C25H30F3N7O. The van der Waals surface area contributed by atoms with Crippen LogP contribution in [-0.2, 0) is 19.8 Å². The van der Waals surface area contributed by atoms with E-state index in [1.54, 1.807) is 54.4 Å². The zero-order valence-corrected chi connectivity index (χ0v) is 20.8. The van der Waals surface area contributed by atoms with E-state index in [1.165, 1.54) is 6.07 Å². The van der Waals surface area contributed by atoms with E-state index in [2.05, 4.69) is 21.2 Å². The van der Waals surface area contributed by atoms with E-state index in [0.717, 1.165) is 29.0 Å². The molecule has 8 nitrogen and oxygen atoms in total. The van der Waals surface area contributed by atoms with Crippen molar-refractivity contribution in [3.8, 4) is 0 Å². The monoisotopic (exact) mass is 501 g/mol. The number of hydrogen-bond acceptors (Lipinski definition) is 6. The van der Waals surface area contributed by atoms with Crippen LogP contribution in [-0.4, -0.2) is 29.8 Å². The Hall–Kier alpha value is -3.83. The van der Waals surface area contributed by atoms with Crippen LogP contribution in [0.4, 0.5) is 24.5 Å². The Kier molecular flexibility index (Phi) is 8.06. The Labute approximate surface area is 207 Å². The van der Waals surface area contributed by atoms with Crippen LogP contribution >= 0.6 is 0 Å². The van der Waals surface area contributed by atoms with Crippen LogP contribution in [0.15, 0.2) is 48.8 Å². The summed E-state index contributed by atoms with van der Waals surface area (Å²) in [5, 5.41) is 11.3. The van der Waals surface area contributed by atoms with Gasteiger partial charge in [0.15, 0.2) is 0 Å². The molecule has 0 aliphatic rings. The quantitative estimate of drug-likeness (QED) is 0.349. The molecule has 0 spiro atoms. The summed E-state index contributed by atoms with van der Waals surface area (Å²) < 4.78 is 41.8. The minimum Gasteiger partial charge on any atom is -0.397 e. The van der Waals surface area contributed by atoms with Crippen LogP contribution in [0.3, 0.4) is 0 Å². The third-order valence-corrected chi connectivity index (χ3v) is 5.75. The third-order valence-electron chi connectivity index (χ3n) is 5.75. The number of aromatic nitrogens is 2. The Morgan fingerprint density at radius 2 is 1.89 bits per heavy atom. The molecule has 0 saturated heterocycles. The van der Waals surface area contributed by atoms with E-state index in [4.69, 9.17) is 5.73 Å². The lowest BCUT2D eigenvalue weighted by Crippen LogP contribution is -2.31. The molecule has 0 bridgehead atoms. The first-order valence-corrected chi connectivity index (χ1v) is 11.1. The number of aryl methyl sites for hydroxylation is 2. The highest BCUT2D eigenvalue weighted by Gasteiger charge is 2.31. The van der Waals surface area contributed by atoms with Gasteiger partial charge in [0.05, 0.1) is 23.1 Å². The number of halogens is 3. The number of nitrogens with zero attached hydrogens (tertiary/aromatic N) is 3. The highest BCUT2D eigenvalue weighted by molar-refractivity contribution is 6.05. The third kappa shape index (κ3) is 6.04. The zero-order chi connectivity index (χ0) is 26.6. The molecule has 0 atom stereocenters. The lowest BCUT2D eigenvalue weighted by molar-refractivity contribution is -0.137. The van der Waals surface area contributed by atoms with Crippen LogP contribution in [0.25, 0.3) is 5.70 Å². The number of benzene rings is 2. The highest BCUT2D eigenvalue weighted by Crippen LogP contribution is 2.32. The fourth-order valence-corrected chi connectivity index (χ4v) is 3.69. The van der Waals surface area contributed by atoms with Gasteiger partial charge < -0.3 is 16.4 Å². The maximum Gasteiger partial charge on any atom is 0.416 e. The Morgan fingerprint density at radius 3 is 2.47 bits per heavy atom. The number of alkyl halides is 3. The Morgan fingerprint density at radius 1 is 1.17 bits per heavy atom. The van der Waals surface area contributed by atoms with Crippen molar-refractivity contribution in [1.82, 2.24) is 20.5 Å². The van der Waals surface area contributed by atoms with Gasteiger partial charge in [-0.2, -0.15) is 18.3 Å². The first-order chi connectivity index (χ1) is 16.9. The standard InChI is InChI=1S/C25H30F3N7O/c1-15-6-7-18(10-23(15)35(31-4)14-22(29)21-13-32-34(5)16(21)2)24(36)33-20-9-17(12-30-3)8-19(11-20)25(26,27)28/h6-11,13-14,30-31H,12,29H2,1-5H3,(H,33,36)/b22-14-.